The molecule has 0 spiro atoms. The van der Waals surface area contributed by atoms with Gasteiger partial charge in [-0.1, -0.05) is 24.3 Å². The molecule has 0 aliphatic heterocycles. The van der Waals surface area contributed by atoms with Gasteiger partial charge in [0.1, 0.15) is 6.29 Å². The number of hydrogen-bond donors (Lipinski definition) is 2. The number of rotatable bonds is 5. The van der Waals surface area contributed by atoms with Gasteiger partial charge >= 0.3 is 0 Å². The fourth-order valence-electron chi connectivity index (χ4n) is 1.76. The van der Waals surface area contributed by atoms with Crippen molar-refractivity contribution >= 4 is 36.2 Å². The number of hydrogen-bond acceptors (Lipinski definition) is 3. The van der Waals surface area contributed by atoms with Crippen molar-refractivity contribution in [3.63, 3.8) is 0 Å². The van der Waals surface area contributed by atoms with E-state index in [1.54, 1.807) is 30.3 Å². The standard InChI is InChI=1S/C16H14N2O2/c17-16-8-4-13(10-19)9-14(16)5-1-12-2-6-15(7-3-12)18-11-20/h1-11H,17H2,(H,18,20)/b5-1+. The maximum Gasteiger partial charge on any atom is 0.211 e. The van der Waals surface area contributed by atoms with E-state index in [0.717, 1.165) is 23.1 Å². The molecule has 0 fully saturated rings. The molecular formula is C16H14N2O2. The fourth-order valence-corrected chi connectivity index (χ4v) is 1.76. The van der Waals surface area contributed by atoms with E-state index in [1.807, 2.05) is 24.3 Å². The number of carbonyl (C=O) groups excluding carboxylic acids is 2. The summed E-state index contributed by atoms with van der Waals surface area (Å²) in [5.74, 6) is 0. The summed E-state index contributed by atoms with van der Waals surface area (Å²) in [6.45, 7) is 0. The van der Waals surface area contributed by atoms with E-state index < -0.39 is 0 Å². The molecule has 0 saturated carbocycles. The van der Waals surface area contributed by atoms with Gasteiger partial charge in [0.25, 0.3) is 0 Å². The summed E-state index contributed by atoms with van der Waals surface area (Å²) >= 11 is 0. The first-order valence-corrected chi connectivity index (χ1v) is 6.06. The monoisotopic (exact) mass is 266 g/mol. The average Bonchev–Trinajstić information content (AvgIpc) is 2.48. The van der Waals surface area contributed by atoms with E-state index >= 15 is 0 Å². The molecule has 0 aromatic heterocycles. The SMILES string of the molecule is Nc1ccc(C=O)cc1/C=C/c1ccc(NC=O)cc1. The number of anilines is 2. The van der Waals surface area contributed by atoms with E-state index in [1.165, 1.54) is 0 Å². The molecule has 0 aliphatic rings. The van der Waals surface area contributed by atoms with Crippen molar-refractivity contribution in [3.05, 3.63) is 59.2 Å². The van der Waals surface area contributed by atoms with E-state index in [-0.39, 0.29) is 0 Å². The third kappa shape index (κ3) is 3.32. The van der Waals surface area contributed by atoms with Gasteiger partial charge in [-0.2, -0.15) is 0 Å². The molecule has 1 amide bonds. The first kappa shape index (κ1) is 13.5. The number of carbonyl (C=O) groups is 2. The zero-order valence-corrected chi connectivity index (χ0v) is 10.7. The predicted octanol–water partition coefficient (Wildman–Crippen LogP) is 2.82. The van der Waals surface area contributed by atoms with Gasteiger partial charge in [0, 0.05) is 16.9 Å². The van der Waals surface area contributed by atoms with Crippen LogP contribution in [0.1, 0.15) is 21.5 Å². The average molecular weight is 266 g/mol. The number of amides is 1. The Balaban J connectivity index is 2.20. The molecule has 0 saturated heterocycles. The maximum atomic E-state index is 10.7. The van der Waals surface area contributed by atoms with Crippen LogP contribution >= 0.6 is 0 Å². The second kappa shape index (κ2) is 6.33. The number of aldehydes is 1. The number of nitrogen functional groups attached to an aromatic ring is 1. The molecule has 0 unspecified atom stereocenters. The van der Waals surface area contributed by atoms with Gasteiger partial charge in [-0.25, -0.2) is 0 Å². The summed E-state index contributed by atoms with van der Waals surface area (Å²) in [5, 5.41) is 2.57. The van der Waals surface area contributed by atoms with Crippen LogP contribution in [-0.2, 0) is 4.79 Å². The lowest BCUT2D eigenvalue weighted by Gasteiger charge is -2.02. The summed E-state index contributed by atoms with van der Waals surface area (Å²) in [6.07, 6.45) is 5.17. The molecule has 2 rings (SSSR count). The summed E-state index contributed by atoms with van der Waals surface area (Å²) in [7, 11) is 0. The molecule has 100 valence electrons. The van der Waals surface area contributed by atoms with Gasteiger partial charge in [0.15, 0.2) is 0 Å². The Morgan fingerprint density at radius 1 is 0.900 bits per heavy atom. The lowest BCUT2D eigenvalue weighted by molar-refractivity contribution is -0.105. The second-order valence-electron chi connectivity index (χ2n) is 4.22. The smallest absolute Gasteiger partial charge is 0.211 e. The molecule has 0 aliphatic carbocycles. The Labute approximate surface area is 116 Å². The zero-order chi connectivity index (χ0) is 14.4. The van der Waals surface area contributed by atoms with Crippen LogP contribution in [0.5, 0.6) is 0 Å². The fraction of sp³-hybridized carbons (Fsp3) is 0. The first-order valence-electron chi connectivity index (χ1n) is 6.06. The topological polar surface area (TPSA) is 72.2 Å². The molecule has 0 bridgehead atoms. The Morgan fingerprint density at radius 2 is 1.60 bits per heavy atom. The van der Waals surface area contributed by atoms with Crippen LogP contribution in [0, 0.1) is 0 Å². The maximum absolute atomic E-state index is 10.7. The van der Waals surface area contributed by atoms with Gasteiger partial charge in [-0.05, 0) is 41.5 Å². The Morgan fingerprint density at radius 3 is 2.25 bits per heavy atom. The first-order chi connectivity index (χ1) is 9.72. The predicted molar refractivity (Wildman–Crippen MR) is 81.3 cm³/mol. The summed E-state index contributed by atoms with van der Waals surface area (Å²) in [6, 6.07) is 12.5. The van der Waals surface area contributed by atoms with Gasteiger partial charge in [-0.3, -0.25) is 9.59 Å². The number of nitrogens with one attached hydrogen (secondary N) is 1. The molecule has 3 N–H and O–H groups in total. The molecule has 2 aromatic rings. The number of nitrogens with two attached hydrogens (primary N) is 1. The zero-order valence-electron chi connectivity index (χ0n) is 10.7. The Kier molecular flexibility index (Phi) is 4.29. The molecule has 4 nitrogen and oxygen atoms in total. The van der Waals surface area contributed by atoms with E-state index in [0.29, 0.717) is 17.7 Å². The van der Waals surface area contributed by atoms with Crippen molar-refractivity contribution in [2.24, 2.45) is 0 Å². The molecule has 0 heterocycles. The van der Waals surface area contributed by atoms with Crippen LogP contribution in [0.25, 0.3) is 12.2 Å². The Bertz CT molecular complexity index is 646. The van der Waals surface area contributed by atoms with Crippen LogP contribution in [-0.4, -0.2) is 12.7 Å². The molecule has 0 radical (unpaired) electrons. The normalized spacial score (nSPS) is 10.4. The van der Waals surface area contributed by atoms with Gasteiger partial charge < -0.3 is 11.1 Å². The van der Waals surface area contributed by atoms with Crippen molar-refractivity contribution in [2.45, 2.75) is 0 Å². The molecule has 20 heavy (non-hydrogen) atoms. The highest BCUT2D eigenvalue weighted by Crippen LogP contribution is 2.17. The van der Waals surface area contributed by atoms with Crippen LogP contribution < -0.4 is 11.1 Å². The van der Waals surface area contributed by atoms with Gasteiger partial charge in [-0.15, -0.1) is 0 Å². The molecular weight excluding hydrogens is 252 g/mol. The number of benzene rings is 2. The second-order valence-corrected chi connectivity index (χ2v) is 4.22. The minimum absolute atomic E-state index is 0.587. The van der Waals surface area contributed by atoms with E-state index in [2.05, 4.69) is 5.32 Å². The highest BCUT2D eigenvalue weighted by Gasteiger charge is 1.97. The van der Waals surface area contributed by atoms with Crippen LogP contribution in [0.4, 0.5) is 11.4 Å². The highest BCUT2D eigenvalue weighted by atomic mass is 16.1. The van der Waals surface area contributed by atoms with Crippen molar-refractivity contribution < 1.29 is 9.59 Å². The third-order valence-corrected chi connectivity index (χ3v) is 2.84. The van der Waals surface area contributed by atoms with Crippen molar-refractivity contribution in [3.8, 4) is 0 Å². The lowest BCUT2D eigenvalue weighted by atomic mass is 10.1. The minimum atomic E-state index is 0.587. The van der Waals surface area contributed by atoms with Crippen LogP contribution in [0.15, 0.2) is 42.5 Å². The van der Waals surface area contributed by atoms with Crippen molar-refractivity contribution in [1.29, 1.82) is 0 Å². The molecule has 2 aromatic carbocycles. The van der Waals surface area contributed by atoms with Crippen LogP contribution in [0.3, 0.4) is 0 Å². The quantitative estimate of drug-likeness (QED) is 0.496. The third-order valence-electron chi connectivity index (χ3n) is 2.84. The van der Waals surface area contributed by atoms with E-state index in [9.17, 15) is 9.59 Å². The minimum Gasteiger partial charge on any atom is -0.398 e. The van der Waals surface area contributed by atoms with Crippen molar-refractivity contribution in [2.75, 3.05) is 11.1 Å². The van der Waals surface area contributed by atoms with Gasteiger partial charge in [0.05, 0.1) is 0 Å². The van der Waals surface area contributed by atoms with Crippen LogP contribution in [0.2, 0.25) is 0 Å². The summed E-state index contributed by atoms with van der Waals surface area (Å²) in [4.78, 5) is 21.0. The molecule has 0 atom stereocenters. The van der Waals surface area contributed by atoms with E-state index in [4.69, 9.17) is 5.73 Å². The largest absolute Gasteiger partial charge is 0.398 e. The summed E-state index contributed by atoms with van der Waals surface area (Å²) < 4.78 is 0. The lowest BCUT2D eigenvalue weighted by Crippen LogP contribution is -1.92. The van der Waals surface area contributed by atoms with Crippen molar-refractivity contribution in [1.82, 2.24) is 0 Å². The van der Waals surface area contributed by atoms with Gasteiger partial charge in [0.2, 0.25) is 6.41 Å². The summed E-state index contributed by atoms with van der Waals surface area (Å²) in [5.41, 5.74) is 9.56. The Hall–Kier alpha value is -2.88. The molecule has 4 heteroatoms. The highest BCUT2D eigenvalue weighted by molar-refractivity contribution is 5.82.